The minimum atomic E-state index is -0.0859. The fourth-order valence-corrected chi connectivity index (χ4v) is 2.75. The molecule has 0 aliphatic carbocycles. The van der Waals surface area contributed by atoms with Gasteiger partial charge in [0.15, 0.2) is 0 Å². The molecule has 1 amide bonds. The van der Waals surface area contributed by atoms with Crippen LogP contribution in [0.15, 0.2) is 12.1 Å². The second kappa shape index (κ2) is 7.25. The number of nitrogens with one attached hydrogen (secondary N) is 1. The molecular formula is C16H24ClN3O. The lowest BCUT2D eigenvalue weighted by atomic mass is 10.1. The molecule has 1 aromatic rings. The van der Waals surface area contributed by atoms with Crippen molar-refractivity contribution in [3.05, 3.63) is 33.8 Å². The monoisotopic (exact) mass is 309 g/mol. The second-order valence-electron chi connectivity index (χ2n) is 5.82. The number of aryl methyl sites for hydroxylation is 2. The lowest BCUT2D eigenvalue weighted by Gasteiger charge is -2.32. The molecule has 0 unspecified atom stereocenters. The van der Waals surface area contributed by atoms with Gasteiger partial charge in [0, 0.05) is 39.3 Å². The highest BCUT2D eigenvalue weighted by molar-refractivity contribution is 6.33. The molecule has 0 aromatic heterocycles. The van der Waals surface area contributed by atoms with Crippen molar-refractivity contribution in [2.45, 2.75) is 13.8 Å². The van der Waals surface area contributed by atoms with E-state index in [4.69, 9.17) is 11.6 Å². The van der Waals surface area contributed by atoms with Gasteiger partial charge < -0.3 is 10.2 Å². The van der Waals surface area contributed by atoms with Crippen molar-refractivity contribution in [2.24, 2.45) is 0 Å². The molecule has 1 heterocycles. The van der Waals surface area contributed by atoms with Crippen LogP contribution < -0.4 is 5.32 Å². The van der Waals surface area contributed by atoms with Gasteiger partial charge >= 0.3 is 0 Å². The molecule has 21 heavy (non-hydrogen) atoms. The van der Waals surface area contributed by atoms with Gasteiger partial charge in [-0.1, -0.05) is 11.6 Å². The first-order chi connectivity index (χ1) is 9.97. The van der Waals surface area contributed by atoms with E-state index in [0.717, 1.165) is 43.9 Å². The van der Waals surface area contributed by atoms with Crippen LogP contribution in [-0.4, -0.2) is 62.0 Å². The van der Waals surface area contributed by atoms with E-state index >= 15 is 0 Å². The minimum Gasteiger partial charge on any atom is -0.351 e. The zero-order valence-corrected chi connectivity index (χ0v) is 13.8. The van der Waals surface area contributed by atoms with E-state index < -0.39 is 0 Å². The average Bonchev–Trinajstić information content (AvgIpc) is 2.45. The highest BCUT2D eigenvalue weighted by atomic mass is 35.5. The number of hydrogen-bond donors (Lipinski definition) is 1. The first kappa shape index (κ1) is 16.3. The maximum atomic E-state index is 12.2. The van der Waals surface area contributed by atoms with Crippen LogP contribution in [0.2, 0.25) is 5.02 Å². The third kappa shape index (κ3) is 4.43. The number of halogens is 1. The lowest BCUT2D eigenvalue weighted by Crippen LogP contribution is -2.46. The quantitative estimate of drug-likeness (QED) is 0.923. The van der Waals surface area contributed by atoms with Crippen molar-refractivity contribution in [3.63, 3.8) is 0 Å². The standard InChI is InChI=1S/C16H24ClN3O/c1-12-10-14(15(17)11-13(12)2)16(21)18-4-5-20-8-6-19(3)7-9-20/h10-11H,4-9H2,1-3H3,(H,18,21). The Labute approximate surface area is 132 Å². The van der Waals surface area contributed by atoms with Gasteiger partial charge in [0.25, 0.3) is 5.91 Å². The van der Waals surface area contributed by atoms with E-state index in [2.05, 4.69) is 22.2 Å². The Balaban J connectivity index is 1.83. The maximum absolute atomic E-state index is 12.2. The Morgan fingerprint density at radius 1 is 1.19 bits per heavy atom. The Bertz CT molecular complexity index is 510. The molecule has 1 saturated heterocycles. The first-order valence-corrected chi connectivity index (χ1v) is 7.81. The van der Waals surface area contributed by atoms with Crippen molar-refractivity contribution in [1.82, 2.24) is 15.1 Å². The molecule has 2 rings (SSSR count). The molecule has 1 aliphatic rings. The molecule has 4 nitrogen and oxygen atoms in total. The molecule has 1 aliphatic heterocycles. The van der Waals surface area contributed by atoms with Crippen molar-refractivity contribution < 1.29 is 4.79 Å². The summed E-state index contributed by atoms with van der Waals surface area (Å²) in [5.41, 5.74) is 2.76. The molecule has 5 heteroatoms. The van der Waals surface area contributed by atoms with Crippen LogP contribution in [0.3, 0.4) is 0 Å². The second-order valence-corrected chi connectivity index (χ2v) is 6.22. The summed E-state index contributed by atoms with van der Waals surface area (Å²) < 4.78 is 0. The highest BCUT2D eigenvalue weighted by Crippen LogP contribution is 2.20. The van der Waals surface area contributed by atoms with E-state index in [1.165, 1.54) is 0 Å². The minimum absolute atomic E-state index is 0.0859. The van der Waals surface area contributed by atoms with Crippen molar-refractivity contribution >= 4 is 17.5 Å². The van der Waals surface area contributed by atoms with Crippen LogP contribution >= 0.6 is 11.6 Å². The van der Waals surface area contributed by atoms with Crippen LogP contribution in [0, 0.1) is 13.8 Å². The molecule has 0 atom stereocenters. The summed E-state index contributed by atoms with van der Waals surface area (Å²) in [6, 6.07) is 3.72. The predicted octanol–water partition coefficient (Wildman–Crippen LogP) is 1.93. The summed E-state index contributed by atoms with van der Waals surface area (Å²) in [6.45, 7) is 9.86. The molecule has 116 valence electrons. The normalized spacial score (nSPS) is 17.0. The smallest absolute Gasteiger partial charge is 0.252 e. The number of hydrogen-bond acceptors (Lipinski definition) is 3. The molecule has 0 bridgehead atoms. The third-order valence-electron chi connectivity index (χ3n) is 4.14. The predicted molar refractivity (Wildman–Crippen MR) is 87.2 cm³/mol. The van der Waals surface area contributed by atoms with Crippen LogP contribution in [0.4, 0.5) is 0 Å². The Hall–Kier alpha value is -1.10. The van der Waals surface area contributed by atoms with E-state index in [1.54, 1.807) is 0 Å². The zero-order valence-electron chi connectivity index (χ0n) is 13.1. The van der Waals surface area contributed by atoms with E-state index in [0.29, 0.717) is 17.1 Å². The van der Waals surface area contributed by atoms with Crippen LogP contribution in [-0.2, 0) is 0 Å². The number of carbonyl (C=O) groups excluding carboxylic acids is 1. The summed E-state index contributed by atoms with van der Waals surface area (Å²) in [5, 5.41) is 3.49. The Morgan fingerprint density at radius 2 is 1.81 bits per heavy atom. The number of piperazine rings is 1. The average molecular weight is 310 g/mol. The van der Waals surface area contributed by atoms with Crippen LogP contribution in [0.1, 0.15) is 21.5 Å². The maximum Gasteiger partial charge on any atom is 0.252 e. The van der Waals surface area contributed by atoms with Gasteiger partial charge in [-0.05, 0) is 44.2 Å². The van der Waals surface area contributed by atoms with Gasteiger partial charge in [0.2, 0.25) is 0 Å². The SMILES string of the molecule is Cc1cc(Cl)c(C(=O)NCCN2CCN(C)CC2)cc1C. The van der Waals surface area contributed by atoms with Crippen LogP contribution in [0.25, 0.3) is 0 Å². The van der Waals surface area contributed by atoms with Crippen molar-refractivity contribution in [3.8, 4) is 0 Å². The first-order valence-electron chi connectivity index (χ1n) is 7.43. The molecule has 1 aromatic carbocycles. The van der Waals surface area contributed by atoms with Crippen molar-refractivity contribution in [2.75, 3.05) is 46.3 Å². The Morgan fingerprint density at radius 3 is 2.48 bits per heavy atom. The van der Waals surface area contributed by atoms with Crippen LogP contribution in [0.5, 0.6) is 0 Å². The van der Waals surface area contributed by atoms with Gasteiger partial charge in [0.1, 0.15) is 0 Å². The lowest BCUT2D eigenvalue weighted by molar-refractivity contribution is 0.0941. The fourth-order valence-electron chi connectivity index (χ4n) is 2.45. The van der Waals surface area contributed by atoms with E-state index in [1.807, 2.05) is 26.0 Å². The summed E-state index contributed by atoms with van der Waals surface area (Å²) in [7, 11) is 2.14. The molecule has 1 fully saturated rings. The third-order valence-corrected chi connectivity index (χ3v) is 4.45. The van der Waals surface area contributed by atoms with Gasteiger partial charge in [-0.25, -0.2) is 0 Å². The van der Waals surface area contributed by atoms with E-state index in [9.17, 15) is 4.79 Å². The fraction of sp³-hybridized carbons (Fsp3) is 0.562. The number of amides is 1. The van der Waals surface area contributed by atoms with E-state index in [-0.39, 0.29) is 5.91 Å². The van der Waals surface area contributed by atoms with Gasteiger partial charge in [0.05, 0.1) is 10.6 Å². The summed E-state index contributed by atoms with van der Waals surface area (Å²) in [6.07, 6.45) is 0. The summed E-state index contributed by atoms with van der Waals surface area (Å²) in [4.78, 5) is 16.9. The number of rotatable bonds is 4. The number of nitrogens with zero attached hydrogens (tertiary/aromatic N) is 2. The summed E-state index contributed by atoms with van der Waals surface area (Å²) >= 11 is 6.16. The molecular weight excluding hydrogens is 286 g/mol. The number of benzene rings is 1. The highest BCUT2D eigenvalue weighted by Gasteiger charge is 2.15. The molecule has 1 N–H and O–H groups in total. The summed E-state index contributed by atoms with van der Waals surface area (Å²) in [5.74, 6) is -0.0859. The zero-order chi connectivity index (χ0) is 15.4. The largest absolute Gasteiger partial charge is 0.351 e. The number of carbonyl (C=O) groups is 1. The Kier molecular flexibility index (Phi) is 5.62. The van der Waals surface area contributed by atoms with Gasteiger partial charge in [-0.3, -0.25) is 9.69 Å². The molecule has 0 saturated carbocycles. The molecule has 0 radical (unpaired) electrons. The topological polar surface area (TPSA) is 35.6 Å². The van der Waals surface area contributed by atoms with Gasteiger partial charge in [-0.2, -0.15) is 0 Å². The number of likely N-dealkylation sites (N-methyl/N-ethyl adjacent to an activating group) is 1. The van der Waals surface area contributed by atoms with Gasteiger partial charge in [-0.15, -0.1) is 0 Å². The molecule has 0 spiro atoms. The van der Waals surface area contributed by atoms with Crippen molar-refractivity contribution in [1.29, 1.82) is 0 Å².